The number of hydrogen-bond donors (Lipinski definition) is 0. The number of imide groups is 1. The average molecular weight is 298 g/mol. The summed E-state index contributed by atoms with van der Waals surface area (Å²) in [5, 5.41) is 0.609. The highest BCUT2D eigenvalue weighted by Gasteiger charge is 2.39. The van der Waals surface area contributed by atoms with Crippen LogP contribution in [0.1, 0.15) is 32.0 Å². The molecule has 0 atom stereocenters. The van der Waals surface area contributed by atoms with Crippen molar-refractivity contribution in [2.75, 3.05) is 11.2 Å². The van der Waals surface area contributed by atoms with Crippen molar-refractivity contribution in [1.82, 2.24) is 4.98 Å². The zero-order chi connectivity index (χ0) is 15.1. The van der Waals surface area contributed by atoms with Crippen molar-refractivity contribution in [3.63, 3.8) is 0 Å². The molecule has 0 fully saturated rings. The van der Waals surface area contributed by atoms with E-state index in [9.17, 15) is 9.59 Å². The molecule has 1 aliphatic rings. The number of benzene rings is 1. The van der Waals surface area contributed by atoms with E-state index >= 15 is 0 Å². The summed E-state index contributed by atoms with van der Waals surface area (Å²) in [7, 11) is 0. The molecule has 1 aromatic heterocycles. The molecule has 0 aliphatic carbocycles. The van der Waals surface area contributed by atoms with Crippen molar-refractivity contribution in [2.45, 2.75) is 18.9 Å². The lowest BCUT2D eigenvalue weighted by Gasteiger charge is -2.13. The van der Waals surface area contributed by atoms with Crippen molar-refractivity contribution in [3.8, 4) is 0 Å². The lowest BCUT2D eigenvalue weighted by Crippen LogP contribution is -2.29. The molecule has 1 aliphatic heterocycles. The van der Waals surface area contributed by atoms with Gasteiger partial charge < -0.3 is 0 Å². The first-order valence-corrected chi connectivity index (χ1v) is 7.76. The minimum absolute atomic E-state index is 0.278. The van der Waals surface area contributed by atoms with Crippen molar-refractivity contribution in [2.24, 2.45) is 0 Å². The Bertz CT molecular complexity index is 754. The van der Waals surface area contributed by atoms with Gasteiger partial charge in [0.05, 0.1) is 16.8 Å². The lowest BCUT2D eigenvalue weighted by atomic mass is 10.1. The fourth-order valence-corrected chi connectivity index (χ4v) is 3.06. The minimum Gasteiger partial charge on any atom is -0.268 e. The number of aromatic nitrogens is 1. The van der Waals surface area contributed by atoms with Crippen LogP contribution in [0.4, 0.5) is 5.69 Å². The van der Waals surface area contributed by atoms with Gasteiger partial charge in [-0.25, -0.2) is 9.88 Å². The number of pyridine rings is 1. The zero-order valence-electron chi connectivity index (χ0n) is 12.0. The van der Waals surface area contributed by atoms with Gasteiger partial charge in [-0.05, 0) is 38.3 Å². The van der Waals surface area contributed by atoms with Gasteiger partial charge in [0.2, 0.25) is 0 Å². The maximum absolute atomic E-state index is 12.6. The molecule has 0 bridgehead atoms. The predicted octanol–water partition coefficient (Wildman–Crippen LogP) is 3.22. The van der Waals surface area contributed by atoms with Crippen LogP contribution < -0.4 is 4.90 Å². The number of thioether (sulfide) groups is 1. The van der Waals surface area contributed by atoms with Gasteiger partial charge in [-0.3, -0.25) is 9.59 Å². The molecule has 4 nitrogen and oxygen atoms in total. The molecular weight excluding hydrogens is 284 g/mol. The highest BCUT2D eigenvalue weighted by atomic mass is 32.2. The maximum atomic E-state index is 12.6. The number of anilines is 1. The summed E-state index contributed by atoms with van der Waals surface area (Å²) in [5.74, 6) is -0.574. The fraction of sp³-hybridized carbons (Fsp3) is 0.188. The van der Waals surface area contributed by atoms with E-state index in [1.165, 1.54) is 16.7 Å². The van der Waals surface area contributed by atoms with Gasteiger partial charge in [0.15, 0.2) is 0 Å². The minimum atomic E-state index is -0.296. The molecule has 0 saturated heterocycles. The summed E-state index contributed by atoms with van der Waals surface area (Å²) in [6.07, 6.45) is 1.86. The van der Waals surface area contributed by atoms with E-state index in [1.54, 1.807) is 18.2 Å². The Morgan fingerprint density at radius 2 is 1.71 bits per heavy atom. The second kappa shape index (κ2) is 5.00. The van der Waals surface area contributed by atoms with E-state index in [1.807, 2.05) is 32.2 Å². The van der Waals surface area contributed by atoms with E-state index in [0.717, 1.165) is 11.3 Å². The average Bonchev–Trinajstić information content (AvgIpc) is 2.71. The van der Waals surface area contributed by atoms with Gasteiger partial charge in [0.25, 0.3) is 11.8 Å². The maximum Gasteiger partial charge on any atom is 0.268 e. The molecular formula is C16H14N2O2S. The molecule has 0 saturated carbocycles. The zero-order valence-corrected chi connectivity index (χ0v) is 12.8. The van der Waals surface area contributed by atoms with Crippen molar-refractivity contribution >= 4 is 29.3 Å². The normalized spacial score (nSPS) is 13.8. The van der Waals surface area contributed by atoms with Gasteiger partial charge >= 0.3 is 0 Å². The molecule has 2 amide bonds. The topological polar surface area (TPSA) is 50.3 Å². The molecule has 2 heterocycles. The number of carbonyl (C=O) groups is 2. The number of fused-ring (bicyclic) bond motifs is 1. The summed E-state index contributed by atoms with van der Waals surface area (Å²) < 4.78 is 0. The van der Waals surface area contributed by atoms with Gasteiger partial charge in [0, 0.05) is 5.69 Å². The smallest absolute Gasteiger partial charge is 0.268 e. The van der Waals surface area contributed by atoms with Crippen molar-refractivity contribution in [3.05, 3.63) is 52.7 Å². The molecule has 21 heavy (non-hydrogen) atoms. The molecule has 1 aromatic carbocycles. The second-order valence-corrected chi connectivity index (χ2v) is 5.77. The Morgan fingerprint density at radius 1 is 1.05 bits per heavy atom. The Hall–Kier alpha value is -2.14. The third-order valence-corrected chi connectivity index (χ3v) is 4.13. The van der Waals surface area contributed by atoms with Crippen molar-refractivity contribution < 1.29 is 9.59 Å². The van der Waals surface area contributed by atoms with E-state index in [4.69, 9.17) is 0 Å². The number of rotatable bonds is 2. The molecule has 0 unspecified atom stereocenters. The Kier molecular flexibility index (Phi) is 3.29. The van der Waals surface area contributed by atoms with Gasteiger partial charge in [0.1, 0.15) is 5.03 Å². The SMILES string of the molecule is CSc1nc(C)cc2c1C(=O)N(c1ccc(C)cc1)C2=O. The molecule has 106 valence electrons. The summed E-state index contributed by atoms with van der Waals surface area (Å²) in [4.78, 5) is 30.8. The number of carbonyl (C=O) groups excluding carboxylic acids is 2. The quantitative estimate of drug-likeness (QED) is 0.631. The van der Waals surface area contributed by atoms with Crippen LogP contribution in [0.5, 0.6) is 0 Å². The van der Waals surface area contributed by atoms with Crippen LogP contribution in [0, 0.1) is 13.8 Å². The number of hydrogen-bond acceptors (Lipinski definition) is 4. The Labute approximate surface area is 127 Å². The fourth-order valence-electron chi connectivity index (χ4n) is 2.42. The van der Waals surface area contributed by atoms with Gasteiger partial charge in [-0.15, -0.1) is 11.8 Å². The first kappa shape index (κ1) is 13.8. The third-order valence-electron chi connectivity index (χ3n) is 3.45. The second-order valence-electron chi connectivity index (χ2n) is 4.98. The Balaban J connectivity index is 2.14. The van der Waals surface area contributed by atoms with E-state index in [0.29, 0.717) is 21.8 Å². The summed E-state index contributed by atoms with van der Waals surface area (Å²) in [6, 6.07) is 9.03. The summed E-state index contributed by atoms with van der Waals surface area (Å²) >= 11 is 1.38. The highest BCUT2D eigenvalue weighted by Crippen LogP contribution is 2.33. The van der Waals surface area contributed by atoms with Crippen LogP contribution >= 0.6 is 11.8 Å². The molecule has 0 spiro atoms. The van der Waals surface area contributed by atoms with Crippen LogP contribution in [-0.4, -0.2) is 23.1 Å². The standard InChI is InChI=1S/C16H14N2O2S/c1-9-4-6-11(7-5-9)18-15(19)12-8-10(2)17-14(21-3)13(12)16(18)20/h4-8H,1-3H3. The largest absolute Gasteiger partial charge is 0.268 e. The van der Waals surface area contributed by atoms with Gasteiger partial charge in [-0.2, -0.15) is 0 Å². The predicted molar refractivity (Wildman–Crippen MR) is 83.1 cm³/mol. The van der Waals surface area contributed by atoms with Crippen LogP contribution in [0.15, 0.2) is 35.4 Å². The van der Waals surface area contributed by atoms with Crippen molar-refractivity contribution in [1.29, 1.82) is 0 Å². The summed E-state index contributed by atoms with van der Waals surface area (Å²) in [6.45, 7) is 3.79. The van der Waals surface area contributed by atoms with Crippen LogP contribution in [-0.2, 0) is 0 Å². The van der Waals surface area contributed by atoms with Crippen LogP contribution in [0.3, 0.4) is 0 Å². The number of amides is 2. The van der Waals surface area contributed by atoms with Gasteiger partial charge in [-0.1, -0.05) is 17.7 Å². The first-order valence-electron chi connectivity index (χ1n) is 6.54. The molecule has 2 aromatic rings. The molecule has 5 heteroatoms. The van der Waals surface area contributed by atoms with Crippen LogP contribution in [0.25, 0.3) is 0 Å². The summed E-state index contributed by atoms with van der Waals surface area (Å²) in [5.41, 5.74) is 3.27. The van der Waals surface area contributed by atoms with Crippen LogP contribution in [0.2, 0.25) is 0 Å². The monoisotopic (exact) mass is 298 g/mol. The number of aryl methyl sites for hydroxylation is 2. The van der Waals surface area contributed by atoms with E-state index in [-0.39, 0.29) is 11.8 Å². The highest BCUT2D eigenvalue weighted by molar-refractivity contribution is 7.98. The first-order chi connectivity index (χ1) is 10.0. The lowest BCUT2D eigenvalue weighted by molar-refractivity contribution is 0.0925. The Morgan fingerprint density at radius 3 is 2.33 bits per heavy atom. The number of nitrogens with zero attached hydrogens (tertiary/aromatic N) is 2. The van der Waals surface area contributed by atoms with E-state index in [2.05, 4.69) is 4.98 Å². The molecule has 0 N–H and O–H groups in total. The van der Waals surface area contributed by atoms with E-state index < -0.39 is 0 Å². The third kappa shape index (κ3) is 2.14. The molecule has 0 radical (unpaired) electrons. The molecule has 3 rings (SSSR count).